The Labute approximate surface area is 128 Å². The van der Waals surface area contributed by atoms with Crippen molar-refractivity contribution in [1.82, 2.24) is 10.2 Å². The van der Waals surface area contributed by atoms with E-state index in [0.29, 0.717) is 6.04 Å². The highest BCUT2D eigenvalue weighted by Gasteiger charge is 2.28. The molecule has 1 aliphatic heterocycles. The molecule has 1 heterocycles. The van der Waals surface area contributed by atoms with Crippen molar-refractivity contribution in [3.63, 3.8) is 0 Å². The standard InChI is InChI=1S/C18H25N3/c19-11-17(16-5-2-1-3-6-16)13-21(12-15-8-9-15)14-18-7-4-10-20-18/h1-3,5-6,15,17-18,20H,4,7-10,12-14H2. The molecule has 0 aromatic heterocycles. The summed E-state index contributed by atoms with van der Waals surface area (Å²) in [5.74, 6) is 0.868. The number of hydrogen-bond acceptors (Lipinski definition) is 3. The molecule has 1 aliphatic carbocycles. The van der Waals surface area contributed by atoms with Crippen molar-refractivity contribution in [3.05, 3.63) is 35.9 Å². The van der Waals surface area contributed by atoms with Crippen LogP contribution in [0.2, 0.25) is 0 Å². The van der Waals surface area contributed by atoms with Crippen LogP contribution in [-0.4, -0.2) is 37.1 Å². The Bertz CT molecular complexity index is 469. The Morgan fingerprint density at radius 2 is 2.00 bits per heavy atom. The minimum Gasteiger partial charge on any atom is -0.313 e. The zero-order valence-corrected chi connectivity index (χ0v) is 12.7. The van der Waals surface area contributed by atoms with Crippen molar-refractivity contribution in [1.29, 1.82) is 5.26 Å². The van der Waals surface area contributed by atoms with Gasteiger partial charge in [0.05, 0.1) is 12.0 Å². The molecule has 3 rings (SSSR count). The molecule has 2 atom stereocenters. The molecule has 1 saturated carbocycles. The van der Waals surface area contributed by atoms with Gasteiger partial charge in [0.15, 0.2) is 0 Å². The predicted molar refractivity (Wildman–Crippen MR) is 85.0 cm³/mol. The molecule has 2 fully saturated rings. The van der Waals surface area contributed by atoms with E-state index in [9.17, 15) is 5.26 Å². The first-order chi connectivity index (χ1) is 10.3. The van der Waals surface area contributed by atoms with Crippen molar-refractivity contribution in [2.45, 2.75) is 37.6 Å². The number of rotatable bonds is 7. The maximum absolute atomic E-state index is 9.55. The van der Waals surface area contributed by atoms with E-state index in [0.717, 1.165) is 31.1 Å². The topological polar surface area (TPSA) is 39.1 Å². The zero-order chi connectivity index (χ0) is 14.5. The third-order valence-corrected chi connectivity index (χ3v) is 4.65. The van der Waals surface area contributed by atoms with Crippen LogP contribution in [0.15, 0.2) is 30.3 Å². The molecule has 3 nitrogen and oxygen atoms in total. The first-order valence-electron chi connectivity index (χ1n) is 8.25. The molecule has 0 bridgehead atoms. The Morgan fingerprint density at radius 3 is 2.62 bits per heavy atom. The molecular formula is C18H25N3. The van der Waals surface area contributed by atoms with Crippen LogP contribution in [0, 0.1) is 17.2 Å². The van der Waals surface area contributed by atoms with Crippen molar-refractivity contribution < 1.29 is 0 Å². The van der Waals surface area contributed by atoms with Crippen LogP contribution in [0.4, 0.5) is 0 Å². The molecule has 21 heavy (non-hydrogen) atoms. The highest BCUT2D eigenvalue weighted by atomic mass is 15.2. The molecule has 112 valence electrons. The summed E-state index contributed by atoms with van der Waals surface area (Å²) < 4.78 is 0. The van der Waals surface area contributed by atoms with E-state index in [-0.39, 0.29) is 5.92 Å². The van der Waals surface area contributed by atoms with E-state index in [2.05, 4.69) is 28.4 Å². The van der Waals surface area contributed by atoms with Gasteiger partial charge in [0.25, 0.3) is 0 Å². The van der Waals surface area contributed by atoms with E-state index in [1.54, 1.807) is 0 Å². The largest absolute Gasteiger partial charge is 0.313 e. The number of nitrogens with zero attached hydrogens (tertiary/aromatic N) is 2. The fourth-order valence-electron chi connectivity index (χ4n) is 3.28. The average Bonchev–Trinajstić information content (AvgIpc) is 3.18. The fraction of sp³-hybridized carbons (Fsp3) is 0.611. The van der Waals surface area contributed by atoms with Gasteiger partial charge in [-0.1, -0.05) is 30.3 Å². The Balaban J connectivity index is 1.62. The van der Waals surface area contributed by atoms with Gasteiger partial charge in [-0.3, -0.25) is 4.90 Å². The minimum atomic E-state index is -0.00801. The molecule has 0 amide bonds. The zero-order valence-electron chi connectivity index (χ0n) is 12.7. The molecule has 0 spiro atoms. The van der Waals surface area contributed by atoms with Crippen LogP contribution in [0.5, 0.6) is 0 Å². The van der Waals surface area contributed by atoms with Crippen LogP contribution in [0.1, 0.15) is 37.2 Å². The SMILES string of the molecule is N#CC(CN(CC1CC1)CC1CCCN1)c1ccccc1. The van der Waals surface area contributed by atoms with E-state index in [4.69, 9.17) is 0 Å². The van der Waals surface area contributed by atoms with E-state index >= 15 is 0 Å². The van der Waals surface area contributed by atoms with Crippen molar-refractivity contribution >= 4 is 0 Å². The summed E-state index contributed by atoms with van der Waals surface area (Å²) in [6, 6.07) is 13.4. The van der Waals surface area contributed by atoms with Crippen molar-refractivity contribution in [2.75, 3.05) is 26.2 Å². The molecule has 0 radical (unpaired) electrons. The second-order valence-corrected chi connectivity index (χ2v) is 6.55. The van der Waals surface area contributed by atoms with E-state index in [1.165, 1.54) is 32.2 Å². The minimum absolute atomic E-state index is 0.00801. The molecular weight excluding hydrogens is 258 g/mol. The van der Waals surface area contributed by atoms with Crippen LogP contribution >= 0.6 is 0 Å². The molecule has 1 aromatic carbocycles. The normalized spacial score (nSPS) is 23.1. The molecule has 1 aromatic rings. The fourth-order valence-corrected chi connectivity index (χ4v) is 3.28. The van der Waals surface area contributed by atoms with Crippen LogP contribution in [0.25, 0.3) is 0 Å². The first kappa shape index (κ1) is 14.6. The Kier molecular flexibility index (Phi) is 4.90. The Hall–Kier alpha value is -1.37. The number of nitriles is 1. The second-order valence-electron chi connectivity index (χ2n) is 6.55. The van der Waals surface area contributed by atoms with Crippen molar-refractivity contribution in [2.24, 2.45) is 5.92 Å². The van der Waals surface area contributed by atoms with Gasteiger partial charge >= 0.3 is 0 Å². The van der Waals surface area contributed by atoms with Gasteiger partial charge in [-0.25, -0.2) is 0 Å². The molecule has 1 N–H and O–H groups in total. The lowest BCUT2D eigenvalue weighted by atomic mass is 9.99. The van der Waals surface area contributed by atoms with Gasteiger partial charge in [0, 0.05) is 25.7 Å². The predicted octanol–water partition coefficient (Wildman–Crippen LogP) is 2.76. The third-order valence-electron chi connectivity index (χ3n) is 4.65. The summed E-state index contributed by atoms with van der Waals surface area (Å²) in [5, 5.41) is 13.1. The lowest BCUT2D eigenvalue weighted by Crippen LogP contribution is -2.40. The molecule has 3 heteroatoms. The van der Waals surface area contributed by atoms with Gasteiger partial charge in [-0.2, -0.15) is 5.26 Å². The maximum atomic E-state index is 9.55. The van der Waals surface area contributed by atoms with E-state index in [1.807, 2.05) is 18.2 Å². The van der Waals surface area contributed by atoms with Crippen LogP contribution in [0.3, 0.4) is 0 Å². The number of benzene rings is 1. The average molecular weight is 283 g/mol. The van der Waals surface area contributed by atoms with Gasteiger partial charge in [0.2, 0.25) is 0 Å². The highest BCUT2D eigenvalue weighted by Crippen LogP contribution is 2.30. The quantitative estimate of drug-likeness (QED) is 0.836. The summed E-state index contributed by atoms with van der Waals surface area (Å²) in [4.78, 5) is 2.53. The lowest BCUT2D eigenvalue weighted by Gasteiger charge is -2.27. The molecule has 1 saturated heterocycles. The van der Waals surface area contributed by atoms with Gasteiger partial charge in [-0.05, 0) is 43.7 Å². The summed E-state index contributed by atoms with van der Waals surface area (Å²) in [7, 11) is 0. The smallest absolute Gasteiger partial charge is 0.0839 e. The summed E-state index contributed by atoms with van der Waals surface area (Å²) in [6.45, 7) is 4.29. The maximum Gasteiger partial charge on any atom is 0.0839 e. The second kappa shape index (κ2) is 7.06. The summed E-state index contributed by atoms with van der Waals surface area (Å²) >= 11 is 0. The van der Waals surface area contributed by atoms with Crippen LogP contribution < -0.4 is 5.32 Å². The summed E-state index contributed by atoms with van der Waals surface area (Å²) in [5.41, 5.74) is 1.15. The Morgan fingerprint density at radius 1 is 1.19 bits per heavy atom. The first-order valence-corrected chi connectivity index (χ1v) is 8.25. The molecule has 2 aliphatic rings. The third kappa shape index (κ3) is 4.30. The molecule has 2 unspecified atom stereocenters. The van der Waals surface area contributed by atoms with Crippen molar-refractivity contribution in [3.8, 4) is 6.07 Å². The number of nitrogens with one attached hydrogen (secondary N) is 1. The van der Waals surface area contributed by atoms with E-state index < -0.39 is 0 Å². The van der Waals surface area contributed by atoms with Crippen LogP contribution in [-0.2, 0) is 0 Å². The monoisotopic (exact) mass is 283 g/mol. The van der Waals surface area contributed by atoms with Gasteiger partial charge in [0.1, 0.15) is 0 Å². The lowest BCUT2D eigenvalue weighted by molar-refractivity contribution is 0.235. The summed E-state index contributed by atoms with van der Waals surface area (Å²) in [6.07, 6.45) is 5.32. The van der Waals surface area contributed by atoms with Gasteiger partial charge < -0.3 is 5.32 Å². The number of hydrogen-bond donors (Lipinski definition) is 1. The van der Waals surface area contributed by atoms with Gasteiger partial charge in [-0.15, -0.1) is 0 Å². The highest BCUT2D eigenvalue weighted by molar-refractivity contribution is 5.25.